The first-order valence-electron chi connectivity index (χ1n) is 8.26. The molecule has 0 spiro atoms. The largest absolute Gasteiger partial charge is 0.444 e. The maximum absolute atomic E-state index is 12.0. The van der Waals surface area contributed by atoms with E-state index in [-0.39, 0.29) is 18.0 Å². The van der Waals surface area contributed by atoms with E-state index in [1.54, 1.807) is 4.90 Å². The second-order valence-corrected chi connectivity index (χ2v) is 6.69. The lowest BCUT2D eigenvalue weighted by molar-refractivity contribution is -0.130. The molecule has 0 radical (unpaired) electrons. The first kappa shape index (κ1) is 18.7. The van der Waals surface area contributed by atoms with Crippen molar-refractivity contribution in [3.63, 3.8) is 0 Å². The molecule has 1 heterocycles. The van der Waals surface area contributed by atoms with Crippen molar-refractivity contribution < 1.29 is 14.3 Å². The Kier molecular flexibility index (Phi) is 7.13. The Labute approximate surface area is 134 Å². The zero-order valence-corrected chi connectivity index (χ0v) is 14.6. The Hall–Kier alpha value is -1.30. The third kappa shape index (κ3) is 6.22. The molecule has 0 aromatic rings. The molecular weight excluding hydrogens is 282 g/mol. The van der Waals surface area contributed by atoms with Gasteiger partial charge in [-0.2, -0.15) is 0 Å². The predicted octanol–water partition coefficient (Wildman–Crippen LogP) is 1.84. The Balaban J connectivity index is 2.31. The standard InChI is InChI=1S/C16H31N3O3/c1-6-18(7-2)14(20)12-17-13-8-10-19(11-9-13)15(21)22-16(3,4)5/h13,17H,6-12H2,1-5H3. The van der Waals surface area contributed by atoms with Crippen molar-refractivity contribution in [2.75, 3.05) is 32.7 Å². The summed E-state index contributed by atoms with van der Waals surface area (Å²) in [4.78, 5) is 27.5. The van der Waals surface area contributed by atoms with E-state index in [0.717, 1.165) is 25.9 Å². The predicted molar refractivity (Wildman–Crippen MR) is 86.8 cm³/mol. The molecule has 1 aliphatic rings. The fraction of sp³-hybridized carbons (Fsp3) is 0.875. The Bertz CT molecular complexity index is 367. The van der Waals surface area contributed by atoms with Gasteiger partial charge in [0.05, 0.1) is 6.54 Å². The van der Waals surface area contributed by atoms with Gasteiger partial charge in [0.1, 0.15) is 5.60 Å². The van der Waals surface area contributed by atoms with Crippen LogP contribution in [0.1, 0.15) is 47.5 Å². The summed E-state index contributed by atoms with van der Waals surface area (Å²) in [5, 5.41) is 3.31. The molecule has 0 atom stereocenters. The number of likely N-dealkylation sites (N-methyl/N-ethyl adjacent to an activating group) is 1. The van der Waals surface area contributed by atoms with Gasteiger partial charge in [-0.3, -0.25) is 4.79 Å². The Morgan fingerprint density at radius 3 is 2.18 bits per heavy atom. The van der Waals surface area contributed by atoms with Crippen LogP contribution in [0.2, 0.25) is 0 Å². The Morgan fingerprint density at radius 2 is 1.73 bits per heavy atom. The number of hydrogen-bond acceptors (Lipinski definition) is 4. The molecule has 0 aromatic heterocycles. The molecule has 6 nitrogen and oxygen atoms in total. The van der Waals surface area contributed by atoms with E-state index in [2.05, 4.69) is 5.32 Å². The molecule has 1 rings (SSSR count). The number of carbonyl (C=O) groups excluding carboxylic acids is 2. The van der Waals surface area contributed by atoms with E-state index in [1.807, 2.05) is 39.5 Å². The number of carbonyl (C=O) groups is 2. The van der Waals surface area contributed by atoms with Gasteiger partial charge < -0.3 is 19.9 Å². The second kappa shape index (κ2) is 8.36. The van der Waals surface area contributed by atoms with Crippen molar-refractivity contribution in [2.45, 2.75) is 59.1 Å². The number of rotatable bonds is 5. The van der Waals surface area contributed by atoms with Gasteiger partial charge in [0, 0.05) is 32.2 Å². The van der Waals surface area contributed by atoms with Crippen molar-refractivity contribution in [3.8, 4) is 0 Å². The number of hydrogen-bond donors (Lipinski definition) is 1. The molecule has 6 heteroatoms. The van der Waals surface area contributed by atoms with E-state index in [1.165, 1.54) is 0 Å². The highest BCUT2D eigenvalue weighted by Crippen LogP contribution is 2.15. The summed E-state index contributed by atoms with van der Waals surface area (Å²) in [6.45, 7) is 12.8. The minimum Gasteiger partial charge on any atom is -0.444 e. The minimum absolute atomic E-state index is 0.138. The van der Waals surface area contributed by atoms with Crippen LogP contribution < -0.4 is 5.32 Å². The summed E-state index contributed by atoms with van der Waals surface area (Å²) in [7, 11) is 0. The topological polar surface area (TPSA) is 61.9 Å². The SMILES string of the molecule is CCN(CC)C(=O)CNC1CCN(C(=O)OC(C)(C)C)CC1. The van der Waals surface area contributed by atoms with Gasteiger partial charge >= 0.3 is 6.09 Å². The third-order valence-electron chi connectivity index (χ3n) is 3.80. The van der Waals surface area contributed by atoms with Gasteiger partial charge in [0.15, 0.2) is 0 Å². The number of likely N-dealkylation sites (tertiary alicyclic amines) is 1. The summed E-state index contributed by atoms with van der Waals surface area (Å²) in [6, 6.07) is 0.290. The zero-order valence-electron chi connectivity index (χ0n) is 14.6. The van der Waals surface area contributed by atoms with Gasteiger partial charge in [-0.25, -0.2) is 4.79 Å². The maximum Gasteiger partial charge on any atom is 0.410 e. The van der Waals surface area contributed by atoms with Gasteiger partial charge in [-0.1, -0.05) is 0 Å². The third-order valence-corrected chi connectivity index (χ3v) is 3.80. The lowest BCUT2D eigenvalue weighted by Gasteiger charge is -2.34. The first-order chi connectivity index (χ1) is 10.3. The van der Waals surface area contributed by atoms with Crippen LogP contribution in [0.4, 0.5) is 4.79 Å². The minimum atomic E-state index is -0.456. The molecule has 0 saturated carbocycles. The monoisotopic (exact) mass is 313 g/mol. The first-order valence-corrected chi connectivity index (χ1v) is 8.26. The molecule has 128 valence electrons. The Morgan fingerprint density at radius 1 is 1.18 bits per heavy atom. The molecule has 0 aliphatic carbocycles. The fourth-order valence-corrected chi connectivity index (χ4v) is 2.51. The van der Waals surface area contributed by atoms with Crippen LogP contribution in [0.3, 0.4) is 0 Å². The molecule has 1 saturated heterocycles. The van der Waals surface area contributed by atoms with Crippen LogP contribution in [-0.4, -0.2) is 66.2 Å². The summed E-state index contributed by atoms with van der Waals surface area (Å²) >= 11 is 0. The van der Waals surface area contributed by atoms with Gasteiger partial charge in [0.25, 0.3) is 0 Å². The smallest absolute Gasteiger partial charge is 0.410 e. The molecule has 1 aliphatic heterocycles. The van der Waals surface area contributed by atoms with E-state index in [9.17, 15) is 9.59 Å². The number of amides is 2. The highest BCUT2D eigenvalue weighted by atomic mass is 16.6. The van der Waals surface area contributed by atoms with Crippen LogP contribution in [-0.2, 0) is 9.53 Å². The van der Waals surface area contributed by atoms with E-state index in [4.69, 9.17) is 4.74 Å². The molecule has 22 heavy (non-hydrogen) atoms. The van der Waals surface area contributed by atoms with Crippen LogP contribution in [0.15, 0.2) is 0 Å². The van der Waals surface area contributed by atoms with Crippen molar-refractivity contribution in [1.29, 1.82) is 0 Å². The van der Waals surface area contributed by atoms with Crippen LogP contribution in [0.5, 0.6) is 0 Å². The highest BCUT2D eigenvalue weighted by Gasteiger charge is 2.27. The van der Waals surface area contributed by atoms with Crippen molar-refractivity contribution >= 4 is 12.0 Å². The maximum atomic E-state index is 12.0. The number of nitrogens with one attached hydrogen (secondary N) is 1. The van der Waals surface area contributed by atoms with E-state index < -0.39 is 5.60 Å². The molecule has 2 amide bonds. The van der Waals surface area contributed by atoms with Crippen LogP contribution in [0.25, 0.3) is 0 Å². The van der Waals surface area contributed by atoms with Crippen molar-refractivity contribution in [2.24, 2.45) is 0 Å². The summed E-state index contributed by atoms with van der Waals surface area (Å²) < 4.78 is 5.38. The fourth-order valence-electron chi connectivity index (χ4n) is 2.51. The molecular formula is C16H31N3O3. The van der Waals surface area contributed by atoms with Crippen LogP contribution in [0, 0.1) is 0 Å². The highest BCUT2D eigenvalue weighted by molar-refractivity contribution is 5.78. The quantitative estimate of drug-likeness (QED) is 0.841. The van der Waals surface area contributed by atoms with E-state index >= 15 is 0 Å². The number of ether oxygens (including phenoxy) is 1. The van der Waals surface area contributed by atoms with Gasteiger partial charge in [0.2, 0.25) is 5.91 Å². The normalized spacial score (nSPS) is 16.5. The van der Waals surface area contributed by atoms with Crippen molar-refractivity contribution in [3.05, 3.63) is 0 Å². The zero-order chi connectivity index (χ0) is 16.8. The second-order valence-electron chi connectivity index (χ2n) is 6.69. The number of nitrogens with zero attached hydrogens (tertiary/aromatic N) is 2. The lowest BCUT2D eigenvalue weighted by Crippen LogP contribution is -2.48. The van der Waals surface area contributed by atoms with Crippen LogP contribution >= 0.6 is 0 Å². The summed E-state index contributed by atoms with van der Waals surface area (Å²) in [5.74, 6) is 0.138. The van der Waals surface area contributed by atoms with E-state index in [0.29, 0.717) is 19.6 Å². The average Bonchev–Trinajstić information content (AvgIpc) is 2.45. The van der Waals surface area contributed by atoms with Gasteiger partial charge in [-0.15, -0.1) is 0 Å². The number of piperidine rings is 1. The average molecular weight is 313 g/mol. The summed E-state index contributed by atoms with van der Waals surface area (Å²) in [6.07, 6.45) is 1.46. The molecule has 0 bridgehead atoms. The lowest BCUT2D eigenvalue weighted by atomic mass is 10.1. The molecule has 0 aromatic carbocycles. The molecule has 1 fully saturated rings. The molecule has 1 N–H and O–H groups in total. The van der Waals surface area contributed by atoms with Gasteiger partial charge in [-0.05, 0) is 47.5 Å². The molecule has 0 unspecified atom stereocenters. The van der Waals surface area contributed by atoms with Crippen molar-refractivity contribution in [1.82, 2.24) is 15.1 Å². The summed E-state index contributed by atoms with van der Waals surface area (Å²) in [5.41, 5.74) is -0.456.